The van der Waals surface area contributed by atoms with Crippen LogP contribution < -0.4 is 5.32 Å². The Morgan fingerprint density at radius 2 is 2.10 bits per heavy atom. The van der Waals surface area contributed by atoms with Crippen molar-refractivity contribution in [1.82, 2.24) is 10.2 Å². The minimum absolute atomic E-state index is 0.189. The second-order valence-electron chi connectivity index (χ2n) is 5.21. The van der Waals surface area contributed by atoms with Gasteiger partial charge in [-0.05, 0) is 24.6 Å². The van der Waals surface area contributed by atoms with Crippen LogP contribution in [0.2, 0.25) is 0 Å². The van der Waals surface area contributed by atoms with Crippen LogP contribution in [0, 0.1) is 5.82 Å². The molecule has 0 radical (unpaired) electrons. The van der Waals surface area contributed by atoms with Gasteiger partial charge in [-0.15, -0.1) is 0 Å². The molecule has 21 heavy (non-hydrogen) atoms. The van der Waals surface area contributed by atoms with Gasteiger partial charge in [-0.3, -0.25) is 4.79 Å². The van der Waals surface area contributed by atoms with Gasteiger partial charge < -0.3 is 20.4 Å². The van der Waals surface area contributed by atoms with E-state index in [0.29, 0.717) is 5.56 Å². The molecule has 116 valence electrons. The molecule has 6 nitrogen and oxygen atoms in total. The molecule has 0 aliphatic rings. The first-order valence-corrected chi connectivity index (χ1v) is 6.37. The van der Waals surface area contributed by atoms with E-state index in [-0.39, 0.29) is 18.9 Å². The molecule has 1 atom stereocenters. The zero-order chi connectivity index (χ0) is 16.0. The van der Waals surface area contributed by atoms with Gasteiger partial charge in [0.2, 0.25) is 0 Å². The maximum atomic E-state index is 13.0. The fraction of sp³-hybridized carbons (Fsp3) is 0.429. The SMILES string of the molecule is CN(Cc1cccc(F)c1)C(=O)NCC(C)(O)CC(=O)O. The van der Waals surface area contributed by atoms with E-state index in [9.17, 15) is 19.1 Å². The van der Waals surface area contributed by atoms with Crippen molar-refractivity contribution >= 4 is 12.0 Å². The number of rotatable bonds is 6. The summed E-state index contributed by atoms with van der Waals surface area (Å²) in [6, 6.07) is 5.39. The van der Waals surface area contributed by atoms with Gasteiger partial charge in [-0.25, -0.2) is 9.18 Å². The Morgan fingerprint density at radius 1 is 1.43 bits per heavy atom. The van der Waals surface area contributed by atoms with E-state index in [0.717, 1.165) is 0 Å². The Bertz CT molecular complexity index is 519. The number of nitrogens with one attached hydrogen (secondary N) is 1. The minimum atomic E-state index is -1.53. The minimum Gasteiger partial charge on any atom is -0.481 e. The van der Waals surface area contributed by atoms with E-state index >= 15 is 0 Å². The van der Waals surface area contributed by atoms with E-state index < -0.39 is 24.0 Å². The molecule has 0 spiro atoms. The molecule has 7 heteroatoms. The fourth-order valence-electron chi connectivity index (χ4n) is 1.77. The molecule has 1 rings (SSSR count). The number of hydrogen-bond donors (Lipinski definition) is 3. The topological polar surface area (TPSA) is 89.9 Å². The Hall–Kier alpha value is -2.15. The smallest absolute Gasteiger partial charge is 0.317 e. The molecule has 1 aromatic carbocycles. The lowest BCUT2D eigenvalue weighted by Crippen LogP contribution is -2.46. The number of benzene rings is 1. The van der Waals surface area contributed by atoms with Crippen molar-refractivity contribution in [1.29, 1.82) is 0 Å². The molecular weight excluding hydrogens is 279 g/mol. The summed E-state index contributed by atoms with van der Waals surface area (Å²) in [6.07, 6.45) is -0.471. The summed E-state index contributed by atoms with van der Waals surface area (Å²) in [6.45, 7) is 1.34. The molecule has 1 unspecified atom stereocenters. The quantitative estimate of drug-likeness (QED) is 0.736. The summed E-state index contributed by atoms with van der Waals surface area (Å²) in [5, 5.41) is 20.8. The maximum Gasteiger partial charge on any atom is 0.317 e. The number of aliphatic hydroxyl groups is 1. The normalized spacial score (nSPS) is 13.3. The molecule has 0 aliphatic heterocycles. The second kappa shape index (κ2) is 7.03. The number of nitrogens with zero attached hydrogens (tertiary/aromatic N) is 1. The van der Waals surface area contributed by atoms with E-state index in [2.05, 4.69) is 5.32 Å². The lowest BCUT2D eigenvalue weighted by Gasteiger charge is -2.24. The Kier molecular flexibility index (Phi) is 5.66. The van der Waals surface area contributed by atoms with Crippen LogP contribution in [0.5, 0.6) is 0 Å². The molecule has 1 aromatic rings. The molecule has 0 aliphatic carbocycles. The van der Waals surface area contributed by atoms with Crippen LogP contribution in [0.15, 0.2) is 24.3 Å². The number of carbonyl (C=O) groups excluding carboxylic acids is 1. The number of carboxylic acids is 1. The van der Waals surface area contributed by atoms with Gasteiger partial charge in [0.1, 0.15) is 5.82 Å². The average Bonchev–Trinajstić information content (AvgIpc) is 2.34. The molecule has 0 fully saturated rings. The third kappa shape index (κ3) is 6.22. The number of urea groups is 1. The summed E-state index contributed by atoms with van der Waals surface area (Å²) in [7, 11) is 1.52. The van der Waals surface area contributed by atoms with Crippen LogP contribution in [-0.2, 0) is 11.3 Å². The molecule has 0 bridgehead atoms. The number of amides is 2. The molecular formula is C14H19FN2O4. The van der Waals surface area contributed by atoms with Crippen molar-refractivity contribution in [3.05, 3.63) is 35.6 Å². The highest BCUT2D eigenvalue weighted by Gasteiger charge is 2.25. The van der Waals surface area contributed by atoms with Gasteiger partial charge in [0, 0.05) is 20.1 Å². The fourth-order valence-corrected chi connectivity index (χ4v) is 1.77. The number of carbonyl (C=O) groups is 2. The van der Waals surface area contributed by atoms with Crippen LogP contribution in [0.4, 0.5) is 9.18 Å². The highest BCUT2D eigenvalue weighted by molar-refractivity contribution is 5.74. The predicted octanol–water partition coefficient (Wildman–Crippen LogP) is 1.19. The molecule has 0 heterocycles. The molecule has 2 amide bonds. The van der Waals surface area contributed by atoms with E-state index in [1.807, 2.05) is 0 Å². The first kappa shape index (κ1) is 16.9. The van der Waals surface area contributed by atoms with Crippen LogP contribution in [0.1, 0.15) is 18.9 Å². The first-order chi connectivity index (χ1) is 9.69. The van der Waals surface area contributed by atoms with Crippen molar-refractivity contribution in [3.8, 4) is 0 Å². The third-order valence-electron chi connectivity index (χ3n) is 2.81. The van der Waals surface area contributed by atoms with Gasteiger partial charge >= 0.3 is 12.0 Å². The van der Waals surface area contributed by atoms with Crippen molar-refractivity contribution in [2.75, 3.05) is 13.6 Å². The van der Waals surface area contributed by atoms with Gasteiger partial charge in [0.25, 0.3) is 0 Å². The first-order valence-electron chi connectivity index (χ1n) is 6.37. The maximum absolute atomic E-state index is 13.0. The Labute approximate surface area is 122 Å². The van der Waals surface area contributed by atoms with Crippen LogP contribution in [0.25, 0.3) is 0 Å². The van der Waals surface area contributed by atoms with Crippen molar-refractivity contribution in [3.63, 3.8) is 0 Å². The van der Waals surface area contributed by atoms with Crippen LogP contribution in [0.3, 0.4) is 0 Å². The van der Waals surface area contributed by atoms with Crippen molar-refractivity contribution < 1.29 is 24.2 Å². The lowest BCUT2D eigenvalue weighted by atomic mass is 10.0. The predicted molar refractivity (Wildman–Crippen MR) is 74.1 cm³/mol. The van der Waals surface area contributed by atoms with E-state index in [4.69, 9.17) is 5.11 Å². The Balaban J connectivity index is 2.50. The van der Waals surface area contributed by atoms with Gasteiger partial charge in [0.15, 0.2) is 0 Å². The number of hydrogen-bond acceptors (Lipinski definition) is 3. The van der Waals surface area contributed by atoms with Gasteiger partial charge in [-0.1, -0.05) is 12.1 Å². The van der Waals surface area contributed by atoms with Crippen molar-refractivity contribution in [2.24, 2.45) is 0 Å². The highest BCUT2D eigenvalue weighted by Crippen LogP contribution is 2.09. The Morgan fingerprint density at radius 3 is 2.67 bits per heavy atom. The van der Waals surface area contributed by atoms with E-state index in [1.165, 1.54) is 31.0 Å². The third-order valence-corrected chi connectivity index (χ3v) is 2.81. The summed E-state index contributed by atoms with van der Waals surface area (Å²) in [5.41, 5.74) is -0.897. The standard InChI is InChI=1S/C14H19FN2O4/c1-14(21,7-12(18)19)9-16-13(20)17(2)8-10-4-3-5-11(15)6-10/h3-6,21H,7-9H2,1-2H3,(H,16,20)(H,18,19). The average molecular weight is 298 g/mol. The molecule has 3 N–H and O–H groups in total. The molecule has 0 saturated carbocycles. The zero-order valence-corrected chi connectivity index (χ0v) is 12.0. The number of halogens is 1. The second-order valence-corrected chi connectivity index (χ2v) is 5.21. The summed E-state index contributed by atoms with van der Waals surface area (Å²) >= 11 is 0. The zero-order valence-electron chi connectivity index (χ0n) is 12.0. The van der Waals surface area contributed by atoms with Gasteiger partial charge in [0.05, 0.1) is 12.0 Å². The van der Waals surface area contributed by atoms with Crippen molar-refractivity contribution in [2.45, 2.75) is 25.5 Å². The molecule has 0 saturated heterocycles. The van der Waals surface area contributed by atoms with E-state index in [1.54, 1.807) is 12.1 Å². The van der Waals surface area contributed by atoms with Crippen LogP contribution in [-0.4, -0.2) is 46.3 Å². The number of carboxylic acid groups (broad SMARTS) is 1. The summed E-state index contributed by atoms with van der Waals surface area (Å²) < 4.78 is 13.0. The largest absolute Gasteiger partial charge is 0.481 e. The molecule has 0 aromatic heterocycles. The number of aliphatic carboxylic acids is 1. The summed E-state index contributed by atoms with van der Waals surface area (Å²) in [5.74, 6) is -1.53. The van der Waals surface area contributed by atoms with Crippen LogP contribution >= 0.6 is 0 Å². The highest BCUT2D eigenvalue weighted by atomic mass is 19.1. The van der Waals surface area contributed by atoms with Gasteiger partial charge in [-0.2, -0.15) is 0 Å². The lowest BCUT2D eigenvalue weighted by molar-refractivity contribution is -0.141. The summed E-state index contributed by atoms with van der Waals surface area (Å²) in [4.78, 5) is 23.7. The monoisotopic (exact) mass is 298 g/mol.